The van der Waals surface area contributed by atoms with E-state index in [1.165, 1.54) is 16.3 Å². The number of hydrogen-bond donors (Lipinski definition) is 0. The van der Waals surface area contributed by atoms with Crippen molar-refractivity contribution < 1.29 is 14.3 Å². The average molecular weight is 418 g/mol. The van der Waals surface area contributed by atoms with E-state index in [0.29, 0.717) is 13.0 Å². The molecule has 3 aromatic rings. The Morgan fingerprint density at radius 3 is 2.32 bits per heavy atom. The van der Waals surface area contributed by atoms with E-state index < -0.39 is 0 Å². The lowest BCUT2D eigenvalue weighted by molar-refractivity contribution is -0.133. The van der Waals surface area contributed by atoms with Crippen LogP contribution in [-0.2, 0) is 17.8 Å². The predicted molar refractivity (Wildman–Crippen MR) is 126 cm³/mol. The summed E-state index contributed by atoms with van der Waals surface area (Å²) in [6, 6.07) is 17.0. The highest BCUT2D eigenvalue weighted by Crippen LogP contribution is 2.43. The molecule has 0 saturated carbocycles. The molecule has 0 unspecified atom stereocenters. The molecule has 162 valence electrons. The molecule has 0 atom stereocenters. The number of ether oxygens (including phenoxy) is 2. The second-order valence-electron chi connectivity index (χ2n) is 8.22. The fourth-order valence-corrected chi connectivity index (χ4v) is 4.65. The Bertz CT molecular complexity index is 1060. The summed E-state index contributed by atoms with van der Waals surface area (Å²) in [6.45, 7) is 3.61. The number of aryl methyl sites for hydroxylation is 1. The fraction of sp³-hybridized carbons (Fsp3) is 0.370. The Labute approximate surface area is 184 Å². The van der Waals surface area contributed by atoms with E-state index in [9.17, 15) is 4.79 Å². The summed E-state index contributed by atoms with van der Waals surface area (Å²) in [4.78, 5) is 14.2. The maximum Gasteiger partial charge on any atom is 0.222 e. The Kier molecular flexibility index (Phi) is 6.45. The van der Waals surface area contributed by atoms with Gasteiger partial charge in [-0.1, -0.05) is 49.7 Å². The molecule has 0 radical (unpaired) electrons. The number of carbonyl (C=O) groups is 1. The van der Waals surface area contributed by atoms with Crippen LogP contribution in [-0.4, -0.2) is 31.6 Å². The van der Waals surface area contributed by atoms with Gasteiger partial charge < -0.3 is 14.4 Å². The number of fused-ring (bicyclic) bond motifs is 1. The number of methoxy groups -OCH3 is 2. The van der Waals surface area contributed by atoms with Crippen LogP contribution < -0.4 is 9.47 Å². The second kappa shape index (κ2) is 9.42. The molecule has 3 aromatic carbocycles. The van der Waals surface area contributed by atoms with E-state index in [1.807, 2.05) is 4.90 Å². The van der Waals surface area contributed by atoms with Crippen molar-refractivity contribution in [2.75, 3.05) is 20.8 Å². The van der Waals surface area contributed by atoms with Crippen LogP contribution in [0.2, 0.25) is 0 Å². The SMILES string of the molecule is CCCc1cccc2c(-c3c(OC)cc(CN4CCCCC4=O)cc3OC)cccc12. The first-order valence-corrected chi connectivity index (χ1v) is 11.2. The highest BCUT2D eigenvalue weighted by molar-refractivity contribution is 6.01. The molecular formula is C27H31NO3. The van der Waals surface area contributed by atoms with Gasteiger partial charge in [-0.05, 0) is 58.9 Å². The Morgan fingerprint density at radius 2 is 1.65 bits per heavy atom. The molecule has 1 aliphatic heterocycles. The Morgan fingerprint density at radius 1 is 0.935 bits per heavy atom. The number of piperidine rings is 1. The maximum absolute atomic E-state index is 12.3. The molecule has 0 aromatic heterocycles. The zero-order chi connectivity index (χ0) is 21.8. The molecule has 0 aliphatic carbocycles. The van der Waals surface area contributed by atoms with E-state index in [-0.39, 0.29) is 5.91 Å². The van der Waals surface area contributed by atoms with Crippen LogP contribution in [0.4, 0.5) is 0 Å². The smallest absolute Gasteiger partial charge is 0.222 e. The molecule has 4 nitrogen and oxygen atoms in total. The summed E-state index contributed by atoms with van der Waals surface area (Å²) in [6.07, 6.45) is 4.86. The van der Waals surface area contributed by atoms with Crippen LogP contribution in [0.1, 0.15) is 43.7 Å². The minimum Gasteiger partial charge on any atom is -0.496 e. The number of carbonyl (C=O) groups excluding carboxylic acids is 1. The van der Waals surface area contributed by atoms with Gasteiger partial charge in [0.2, 0.25) is 5.91 Å². The second-order valence-corrected chi connectivity index (χ2v) is 8.22. The molecule has 1 heterocycles. The van der Waals surface area contributed by atoms with Crippen LogP contribution in [0.5, 0.6) is 11.5 Å². The van der Waals surface area contributed by atoms with Gasteiger partial charge in [-0.15, -0.1) is 0 Å². The van der Waals surface area contributed by atoms with E-state index in [2.05, 4.69) is 55.5 Å². The molecule has 1 amide bonds. The molecule has 1 aliphatic rings. The number of nitrogens with zero attached hydrogens (tertiary/aromatic N) is 1. The summed E-state index contributed by atoms with van der Waals surface area (Å²) >= 11 is 0. The lowest BCUT2D eigenvalue weighted by atomic mass is 9.92. The summed E-state index contributed by atoms with van der Waals surface area (Å²) in [5.41, 5.74) is 4.45. The van der Waals surface area contributed by atoms with Crippen LogP contribution in [0.3, 0.4) is 0 Å². The topological polar surface area (TPSA) is 38.8 Å². The van der Waals surface area contributed by atoms with Crippen molar-refractivity contribution in [3.8, 4) is 22.6 Å². The molecule has 1 fully saturated rings. The summed E-state index contributed by atoms with van der Waals surface area (Å²) in [5.74, 6) is 1.77. The first-order valence-electron chi connectivity index (χ1n) is 11.2. The molecule has 4 rings (SSSR count). The van der Waals surface area contributed by atoms with Gasteiger partial charge in [0.05, 0.1) is 19.8 Å². The Balaban J connectivity index is 1.82. The normalized spacial score (nSPS) is 14.2. The first-order chi connectivity index (χ1) is 15.2. The van der Waals surface area contributed by atoms with E-state index >= 15 is 0 Å². The van der Waals surface area contributed by atoms with E-state index in [4.69, 9.17) is 9.47 Å². The van der Waals surface area contributed by atoms with Crippen molar-refractivity contribution in [1.29, 1.82) is 0 Å². The first kappa shape index (κ1) is 21.2. The van der Waals surface area contributed by atoms with Crippen molar-refractivity contribution in [2.45, 2.75) is 45.6 Å². The van der Waals surface area contributed by atoms with Crippen LogP contribution in [0, 0.1) is 0 Å². The van der Waals surface area contributed by atoms with Crippen molar-refractivity contribution in [1.82, 2.24) is 4.90 Å². The van der Waals surface area contributed by atoms with Crippen molar-refractivity contribution >= 4 is 16.7 Å². The molecular weight excluding hydrogens is 386 g/mol. The Hall–Kier alpha value is -3.01. The number of amides is 1. The number of likely N-dealkylation sites (tertiary alicyclic amines) is 1. The van der Waals surface area contributed by atoms with Crippen LogP contribution >= 0.6 is 0 Å². The molecule has 0 bridgehead atoms. The summed E-state index contributed by atoms with van der Waals surface area (Å²) in [7, 11) is 3.39. The van der Waals surface area contributed by atoms with Gasteiger partial charge in [0.15, 0.2) is 0 Å². The molecule has 0 spiro atoms. The molecule has 4 heteroatoms. The number of benzene rings is 3. The average Bonchev–Trinajstić information content (AvgIpc) is 2.80. The van der Waals surface area contributed by atoms with Gasteiger partial charge >= 0.3 is 0 Å². The van der Waals surface area contributed by atoms with Crippen LogP contribution in [0.25, 0.3) is 21.9 Å². The van der Waals surface area contributed by atoms with Gasteiger partial charge in [-0.3, -0.25) is 4.79 Å². The maximum atomic E-state index is 12.3. The van der Waals surface area contributed by atoms with E-state index in [1.54, 1.807) is 14.2 Å². The highest BCUT2D eigenvalue weighted by Gasteiger charge is 2.21. The van der Waals surface area contributed by atoms with Crippen molar-refractivity contribution in [2.24, 2.45) is 0 Å². The zero-order valence-electron chi connectivity index (χ0n) is 18.7. The lowest BCUT2D eigenvalue weighted by Crippen LogP contribution is -2.34. The van der Waals surface area contributed by atoms with Gasteiger partial charge in [0.25, 0.3) is 0 Å². The molecule has 0 N–H and O–H groups in total. The van der Waals surface area contributed by atoms with Gasteiger partial charge in [0, 0.05) is 19.5 Å². The quantitative estimate of drug-likeness (QED) is 0.474. The van der Waals surface area contributed by atoms with Gasteiger partial charge in [0.1, 0.15) is 11.5 Å². The summed E-state index contributed by atoms with van der Waals surface area (Å²) < 4.78 is 11.7. The van der Waals surface area contributed by atoms with Gasteiger partial charge in [-0.2, -0.15) is 0 Å². The van der Waals surface area contributed by atoms with Crippen molar-refractivity contribution in [3.63, 3.8) is 0 Å². The number of hydrogen-bond acceptors (Lipinski definition) is 3. The lowest BCUT2D eigenvalue weighted by Gasteiger charge is -2.27. The van der Waals surface area contributed by atoms with Crippen molar-refractivity contribution in [3.05, 3.63) is 59.7 Å². The standard InChI is InChI=1S/C27H31NO3/c1-4-9-20-10-7-12-22-21(20)11-8-13-23(22)27-24(30-2)16-19(17-25(27)31-3)18-28-15-6-5-14-26(28)29/h7-8,10-13,16-17H,4-6,9,14-15,18H2,1-3H3. The monoisotopic (exact) mass is 417 g/mol. The van der Waals surface area contributed by atoms with E-state index in [0.717, 1.165) is 60.4 Å². The van der Waals surface area contributed by atoms with Gasteiger partial charge in [-0.25, -0.2) is 0 Å². The summed E-state index contributed by atoms with van der Waals surface area (Å²) in [5, 5.41) is 2.47. The third-order valence-electron chi connectivity index (χ3n) is 6.16. The third kappa shape index (κ3) is 4.25. The highest BCUT2D eigenvalue weighted by atomic mass is 16.5. The zero-order valence-corrected chi connectivity index (χ0v) is 18.7. The number of rotatable bonds is 7. The molecule has 31 heavy (non-hydrogen) atoms. The largest absolute Gasteiger partial charge is 0.496 e. The molecule has 1 saturated heterocycles. The van der Waals surface area contributed by atoms with Crippen LogP contribution in [0.15, 0.2) is 48.5 Å². The fourth-order valence-electron chi connectivity index (χ4n) is 4.65. The third-order valence-corrected chi connectivity index (χ3v) is 6.16. The minimum absolute atomic E-state index is 0.228. The predicted octanol–water partition coefficient (Wildman–Crippen LogP) is 5.99. The minimum atomic E-state index is 0.228.